The first-order valence-electron chi connectivity index (χ1n) is 5.83. The fourth-order valence-electron chi connectivity index (χ4n) is 1.40. The number of methoxy groups -OCH3 is 1. The largest absolute Gasteiger partial charge is 0.452 e. The van der Waals surface area contributed by atoms with Crippen molar-refractivity contribution >= 4 is 17.6 Å². The van der Waals surface area contributed by atoms with E-state index in [2.05, 4.69) is 5.32 Å². The summed E-state index contributed by atoms with van der Waals surface area (Å²) in [6.45, 7) is 2.29. The van der Waals surface area contributed by atoms with Crippen molar-refractivity contribution in [2.45, 2.75) is 6.92 Å². The lowest BCUT2D eigenvalue weighted by Gasteiger charge is -2.08. The highest BCUT2D eigenvalue weighted by atomic mass is 16.5. The Balaban J connectivity index is 2.47. The summed E-state index contributed by atoms with van der Waals surface area (Å²) in [7, 11) is 1.53. The molecule has 0 fully saturated rings. The summed E-state index contributed by atoms with van der Waals surface area (Å²) in [6.07, 6.45) is 0. The maximum Gasteiger partial charge on any atom is 0.340 e. The molecule has 0 atom stereocenters. The normalized spacial score (nSPS) is 10.0. The van der Waals surface area contributed by atoms with Crippen molar-refractivity contribution in [2.24, 2.45) is 0 Å². The van der Waals surface area contributed by atoms with Crippen LogP contribution < -0.4 is 11.1 Å². The van der Waals surface area contributed by atoms with Crippen LogP contribution in [0, 0.1) is 6.92 Å². The maximum absolute atomic E-state index is 11.7. The molecule has 104 valence electrons. The fraction of sp³-hybridized carbons (Fsp3) is 0.385. The van der Waals surface area contributed by atoms with Crippen molar-refractivity contribution < 1.29 is 19.1 Å². The van der Waals surface area contributed by atoms with Crippen LogP contribution >= 0.6 is 0 Å². The smallest absolute Gasteiger partial charge is 0.340 e. The summed E-state index contributed by atoms with van der Waals surface area (Å²) in [4.78, 5) is 23.1. The molecule has 0 bridgehead atoms. The zero-order chi connectivity index (χ0) is 14.3. The zero-order valence-electron chi connectivity index (χ0n) is 11.1. The van der Waals surface area contributed by atoms with E-state index in [0.29, 0.717) is 18.8 Å². The number of esters is 1. The molecule has 19 heavy (non-hydrogen) atoms. The average Bonchev–Trinajstić information content (AvgIpc) is 2.39. The fourth-order valence-corrected chi connectivity index (χ4v) is 1.40. The zero-order valence-corrected chi connectivity index (χ0v) is 11.1. The van der Waals surface area contributed by atoms with Gasteiger partial charge in [0.1, 0.15) is 0 Å². The van der Waals surface area contributed by atoms with E-state index in [1.807, 2.05) is 6.92 Å². The van der Waals surface area contributed by atoms with Gasteiger partial charge >= 0.3 is 5.97 Å². The number of hydrogen-bond acceptors (Lipinski definition) is 5. The highest BCUT2D eigenvalue weighted by molar-refractivity contribution is 5.96. The number of nitrogens with one attached hydrogen (secondary N) is 1. The van der Waals surface area contributed by atoms with E-state index in [4.69, 9.17) is 15.2 Å². The molecule has 6 nitrogen and oxygen atoms in total. The van der Waals surface area contributed by atoms with Crippen molar-refractivity contribution in [3.63, 3.8) is 0 Å². The third kappa shape index (κ3) is 4.97. The predicted molar refractivity (Wildman–Crippen MR) is 70.8 cm³/mol. The molecule has 0 saturated heterocycles. The number of rotatable bonds is 6. The second-order valence-corrected chi connectivity index (χ2v) is 4.01. The number of nitrogens with two attached hydrogens (primary N) is 1. The van der Waals surface area contributed by atoms with Gasteiger partial charge in [0.05, 0.1) is 12.2 Å². The Bertz CT molecular complexity index is 460. The maximum atomic E-state index is 11.7. The first kappa shape index (κ1) is 15.0. The molecule has 1 amide bonds. The molecule has 0 aromatic heterocycles. The Labute approximate surface area is 111 Å². The van der Waals surface area contributed by atoms with E-state index >= 15 is 0 Å². The van der Waals surface area contributed by atoms with Crippen molar-refractivity contribution in [1.29, 1.82) is 0 Å². The van der Waals surface area contributed by atoms with Gasteiger partial charge in [-0.05, 0) is 19.1 Å². The van der Waals surface area contributed by atoms with E-state index in [0.717, 1.165) is 5.56 Å². The quantitative estimate of drug-likeness (QED) is 0.444. The molecule has 0 radical (unpaired) electrons. The molecule has 0 aliphatic heterocycles. The van der Waals surface area contributed by atoms with Crippen LogP contribution in [0.25, 0.3) is 0 Å². The molecular weight excluding hydrogens is 248 g/mol. The lowest BCUT2D eigenvalue weighted by atomic mass is 10.1. The van der Waals surface area contributed by atoms with Gasteiger partial charge in [-0.25, -0.2) is 4.79 Å². The summed E-state index contributed by atoms with van der Waals surface area (Å²) in [6, 6.07) is 5.05. The van der Waals surface area contributed by atoms with E-state index in [9.17, 15) is 9.59 Å². The average molecular weight is 266 g/mol. The summed E-state index contributed by atoms with van der Waals surface area (Å²) < 4.78 is 9.66. The minimum atomic E-state index is -0.608. The van der Waals surface area contributed by atoms with Crippen molar-refractivity contribution in [3.8, 4) is 0 Å². The van der Waals surface area contributed by atoms with Gasteiger partial charge in [-0.2, -0.15) is 0 Å². The molecule has 3 N–H and O–H groups in total. The Morgan fingerprint density at radius 3 is 2.79 bits per heavy atom. The van der Waals surface area contributed by atoms with Gasteiger partial charge in [0.25, 0.3) is 5.91 Å². The van der Waals surface area contributed by atoms with Crippen molar-refractivity contribution in [3.05, 3.63) is 29.3 Å². The summed E-state index contributed by atoms with van der Waals surface area (Å²) in [5, 5.41) is 2.54. The van der Waals surface area contributed by atoms with E-state index in [-0.39, 0.29) is 18.1 Å². The van der Waals surface area contributed by atoms with Crippen molar-refractivity contribution in [2.75, 3.05) is 32.6 Å². The van der Waals surface area contributed by atoms with Crippen molar-refractivity contribution in [1.82, 2.24) is 5.32 Å². The SMILES string of the molecule is COCCNC(=O)COC(=O)c1cc(C)ccc1N. The number of carbonyl (C=O) groups excluding carboxylic acids is 2. The molecule has 1 aromatic carbocycles. The number of carbonyl (C=O) groups is 2. The first-order valence-corrected chi connectivity index (χ1v) is 5.83. The van der Waals surface area contributed by atoms with Crippen LogP contribution in [0.5, 0.6) is 0 Å². The second-order valence-electron chi connectivity index (χ2n) is 4.01. The summed E-state index contributed by atoms with van der Waals surface area (Å²) in [5.74, 6) is -0.986. The number of hydrogen-bond donors (Lipinski definition) is 2. The highest BCUT2D eigenvalue weighted by Gasteiger charge is 2.13. The number of nitrogen functional groups attached to an aromatic ring is 1. The van der Waals surface area contributed by atoms with Gasteiger partial charge in [-0.1, -0.05) is 11.6 Å². The number of aryl methyl sites for hydroxylation is 1. The van der Waals surface area contributed by atoms with E-state index in [1.54, 1.807) is 18.2 Å². The second kappa shape index (κ2) is 7.38. The number of benzene rings is 1. The standard InChI is InChI=1S/C13H18N2O4/c1-9-3-4-11(14)10(7-9)13(17)19-8-12(16)15-5-6-18-2/h3-4,7H,5-6,8,14H2,1-2H3,(H,15,16). The first-order chi connectivity index (χ1) is 9.04. The Kier molecular flexibility index (Phi) is 5.81. The lowest BCUT2D eigenvalue weighted by molar-refractivity contribution is -0.124. The van der Waals surface area contributed by atoms with Gasteiger partial charge in [0, 0.05) is 19.3 Å². The monoisotopic (exact) mass is 266 g/mol. The van der Waals surface area contributed by atoms with Gasteiger partial charge in [-0.3, -0.25) is 4.79 Å². The molecule has 0 spiro atoms. The minimum absolute atomic E-state index is 0.268. The highest BCUT2D eigenvalue weighted by Crippen LogP contribution is 2.14. The molecule has 0 aliphatic carbocycles. The van der Waals surface area contributed by atoms with Crippen LogP contribution in [0.2, 0.25) is 0 Å². The Morgan fingerprint density at radius 1 is 1.37 bits per heavy atom. The molecule has 0 saturated carbocycles. The molecule has 0 heterocycles. The third-order valence-electron chi connectivity index (χ3n) is 2.39. The van der Waals surface area contributed by atoms with Gasteiger partial charge in [0.15, 0.2) is 6.61 Å². The van der Waals surface area contributed by atoms with Crippen LogP contribution in [0.4, 0.5) is 5.69 Å². The molecule has 1 aromatic rings. The topological polar surface area (TPSA) is 90.6 Å². The molecule has 1 rings (SSSR count). The van der Waals surface area contributed by atoms with Crippen LogP contribution in [0.15, 0.2) is 18.2 Å². The lowest BCUT2D eigenvalue weighted by Crippen LogP contribution is -2.31. The predicted octanol–water partition coefficient (Wildman–Crippen LogP) is 0.497. The Hall–Kier alpha value is -2.08. The van der Waals surface area contributed by atoms with E-state index in [1.165, 1.54) is 7.11 Å². The van der Waals surface area contributed by atoms with Gasteiger partial charge in [-0.15, -0.1) is 0 Å². The van der Waals surface area contributed by atoms with Gasteiger partial charge < -0.3 is 20.5 Å². The number of anilines is 1. The molecule has 0 unspecified atom stereocenters. The molecular formula is C13H18N2O4. The summed E-state index contributed by atoms with van der Waals surface area (Å²) in [5.41, 5.74) is 7.17. The van der Waals surface area contributed by atoms with Crippen LogP contribution in [-0.2, 0) is 14.3 Å². The van der Waals surface area contributed by atoms with Gasteiger partial charge in [0.2, 0.25) is 0 Å². The van der Waals surface area contributed by atoms with Crippen LogP contribution in [0.3, 0.4) is 0 Å². The number of ether oxygens (including phenoxy) is 2. The molecule has 6 heteroatoms. The number of amides is 1. The van der Waals surface area contributed by atoms with Crippen LogP contribution in [-0.4, -0.2) is 38.7 Å². The Morgan fingerprint density at radius 2 is 2.11 bits per heavy atom. The summed E-state index contributed by atoms with van der Waals surface area (Å²) >= 11 is 0. The molecule has 0 aliphatic rings. The van der Waals surface area contributed by atoms with E-state index < -0.39 is 5.97 Å². The third-order valence-corrected chi connectivity index (χ3v) is 2.39. The van der Waals surface area contributed by atoms with Crippen LogP contribution in [0.1, 0.15) is 15.9 Å². The minimum Gasteiger partial charge on any atom is -0.452 e.